The first kappa shape index (κ1) is 28.4. The predicted octanol–water partition coefficient (Wildman–Crippen LogP) is 12.9. The van der Waals surface area contributed by atoms with Crippen LogP contribution in [0.4, 0.5) is 0 Å². The van der Waals surface area contributed by atoms with Crippen molar-refractivity contribution in [1.29, 1.82) is 0 Å². The SMILES string of the molecule is c1ccc(-c2c3ccccc3c(-c3ccccc3)c3c2ccc2c(-c4c5ccccc5c(-c5cncnc5)c5ccccc45)cccc23)cc1. The van der Waals surface area contributed by atoms with E-state index in [2.05, 4.69) is 174 Å². The largest absolute Gasteiger partial charge is 0.244 e. The van der Waals surface area contributed by atoms with Crippen molar-refractivity contribution < 1.29 is 0 Å². The third kappa shape index (κ3) is 4.29. The Morgan fingerprint density at radius 3 is 1.24 bits per heavy atom. The van der Waals surface area contributed by atoms with Crippen molar-refractivity contribution in [2.75, 3.05) is 0 Å². The molecule has 0 N–H and O–H groups in total. The lowest BCUT2D eigenvalue weighted by atomic mass is 9.82. The van der Waals surface area contributed by atoms with Gasteiger partial charge in [-0.15, -0.1) is 0 Å². The topological polar surface area (TPSA) is 25.8 Å². The molecule has 0 aliphatic carbocycles. The summed E-state index contributed by atoms with van der Waals surface area (Å²) in [5, 5.41) is 12.3. The second kappa shape index (κ2) is 11.5. The number of nitrogens with zero attached hydrogens (tertiary/aromatic N) is 2. The van der Waals surface area contributed by atoms with Crippen LogP contribution in [0.25, 0.3) is 98.4 Å². The van der Waals surface area contributed by atoms with Crippen molar-refractivity contribution in [3.05, 3.63) is 183 Å². The summed E-state index contributed by atoms with van der Waals surface area (Å²) >= 11 is 0. The third-order valence-corrected chi connectivity index (χ3v) is 10.2. The first-order valence-corrected chi connectivity index (χ1v) is 17.1. The van der Waals surface area contributed by atoms with Gasteiger partial charge in [-0.1, -0.05) is 164 Å². The van der Waals surface area contributed by atoms with Gasteiger partial charge in [-0.2, -0.15) is 0 Å². The van der Waals surface area contributed by atoms with Crippen LogP contribution < -0.4 is 0 Å². The molecule has 50 heavy (non-hydrogen) atoms. The molecule has 0 aliphatic heterocycles. The molecular formula is C48H30N2. The van der Waals surface area contributed by atoms with Crippen molar-refractivity contribution in [3.8, 4) is 44.5 Å². The minimum absolute atomic E-state index is 1.02. The number of hydrogen-bond donors (Lipinski definition) is 0. The predicted molar refractivity (Wildman–Crippen MR) is 211 cm³/mol. The molecule has 2 heteroatoms. The average molecular weight is 635 g/mol. The molecule has 9 aromatic carbocycles. The van der Waals surface area contributed by atoms with Crippen LogP contribution in [0.3, 0.4) is 0 Å². The summed E-state index contributed by atoms with van der Waals surface area (Å²) in [5.41, 5.74) is 9.63. The van der Waals surface area contributed by atoms with E-state index >= 15 is 0 Å². The molecule has 0 fully saturated rings. The van der Waals surface area contributed by atoms with Gasteiger partial charge in [0.05, 0.1) is 0 Å². The van der Waals surface area contributed by atoms with E-state index in [1.54, 1.807) is 6.33 Å². The smallest absolute Gasteiger partial charge is 0.115 e. The van der Waals surface area contributed by atoms with Gasteiger partial charge in [-0.25, -0.2) is 9.97 Å². The standard InChI is InChI=1S/C48H30N2/c1-3-14-31(15-4-1)44-37-18-7-10-21-40(37)46(32-16-5-2-6-17-32)48-36-25-13-24-35(34(36)26-27-43(44)48)47-41-22-11-8-19-38(41)45(33-28-49-30-50-29-33)39-20-9-12-23-42(39)47/h1-30H. The summed E-state index contributed by atoms with van der Waals surface area (Å²) in [5.74, 6) is 0. The molecule has 0 unspecified atom stereocenters. The molecule has 0 saturated carbocycles. The molecule has 0 bridgehead atoms. The molecule has 1 heterocycles. The molecule has 0 aliphatic rings. The van der Waals surface area contributed by atoms with Gasteiger partial charge in [0.1, 0.15) is 6.33 Å². The van der Waals surface area contributed by atoms with Crippen molar-refractivity contribution in [1.82, 2.24) is 9.97 Å². The van der Waals surface area contributed by atoms with Gasteiger partial charge >= 0.3 is 0 Å². The third-order valence-electron chi connectivity index (χ3n) is 10.2. The molecule has 232 valence electrons. The van der Waals surface area contributed by atoms with E-state index in [0.717, 1.165) is 11.1 Å². The van der Waals surface area contributed by atoms with Crippen molar-refractivity contribution in [3.63, 3.8) is 0 Å². The van der Waals surface area contributed by atoms with E-state index in [9.17, 15) is 0 Å². The fourth-order valence-electron chi connectivity index (χ4n) is 8.23. The highest BCUT2D eigenvalue weighted by Gasteiger charge is 2.22. The zero-order valence-electron chi connectivity index (χ0n) is 27.2. The number of hydrogen-bond acceptors (Lipinski definition) is 2. The van der Waals surface area contributed by atoms with E-state index in [1.165, 1.54) is 87.2 Å². The maximum atomic E-state index is 4.40. The number of aromatic nitrogens is 2. The maximum absolute atomic E-state index is 4.40. The van der Waals surface area contributed by atoms with E-state index in [1.807, 2.05) is 12.4 Å². The summed E-state index contributed by atoms with van der Waals surface area (Å²) in [7, 11) is 0. The Morgan fingerprint density at radius 1 is 0.260 bits per heavy atom. The molecule has 0 radical (unpaired) electrons. The second-order valence-corrected chi connectivity index (χ2v) is 12.9. The Balaban J connectivity index is 1.39. The van der Waals surface area contributed by atoms with Crippen LogP contribution in [0.1, 0.15) is 0 Å². The summed E-state index contributed by atoms with van der Waals surface area (Å²) in [4.78, 5) is 8.80. The minimum Gasteiger partial charge on any atom is -0.244 e. The molecule has 0 spiro atoms. The zero-order valence-corrected chi connectivity index (χ0v) is 27.2. The molecule has 0 atom stereocenters. The maximum Gasteiger partial charge on any atom is 0.115 e. The number of benzene rings is 9. The minimum atomic E-state index is 1.02. The van der Waals surface area contributed by atoms with Gasteiger partial charge in [0.25, 0.3) is 0 Å². The lowest BCUT2D eigenvalue weighted by molar-refractivity contribution is 1.17. The van der Waals surface area contributed by atoms with Crippen molar-refractivity contribution >= 4 is 53.9 Å². The fraction of sp³-hybridized carbons (Fsp3) is 0. The molecule has 10 rings (SSSR count). The van der Waals surface area contributed by atoms with Crippen molar-refractivity contribution in [2.24, 2.45) is 0 Å². The summed E-state index contributed by atoms with van der Waals surface area (Å²) in [6.07, 6.45) is 5.44. The van der Waals surface area contributed by atoms with Gasteiger partial charge in [-0.3, -0.25) is 0 Å². The Labute approximate surface area is 290 Å². The van der Waals surface area contributed by atoms with E-state index < -0.39 is 0 Å². The highest BCUT2D eigenvalue weighted by Crippen LogP contribution is 2.49. The Bertz CT molecular complexity index is 2840. The Morgan fingerprint density at radius 2 is 0.680 bits per heavy atom. The first-order chi connectivity index (χ1) is 24.9. The van der Waals surface area contributed by atoms with Crippen LogP contribution >= 0.6 is 0 Å². The molecule has 2 nitrogen and oxygen atoms in total. The van der Waals surface area contributed by atoms with E-state index in [4.69, 9.17) is 0 Å². The molecule has 0 saturated heterocycles. The van der Waals surface area contributed by atoms with Crippen LogP contribution in [0, 0.1) is 0 Å². The van der Waals surface area contributed by atoms with E-state index in [-0.39, 0.29) is 0 Å². The zero-order chi connectivity index (χ0) is 33.0. The number of fused-ring (bicyclic) bond motifs is 6. The average Bonchev–Trinajstić information content (AvgIpc) is 3.19. The quantitative estimate of drug-likeness (QED) is 0.142. The van der Waals surface area contributed by atoms with Crippen LogP contribution in [0.5, 0.6) is 0 Å². The summed E-state index contributed by atoms with van der Waals surface area (Å²) in [6, 6.07) is 59.8. The molecule has 0 amide bonds. The molecular weight excluding hydrogens is 605 g/mol. The van der Waals surface area contributed by atoms with Gasteiger partial charge in [0, 0.05) is 23.5 Å². The highest BCUT2D eigenvalue weighted by molar-refractivity contribution is 6.30. The van der Waals surface area contributed by atoms with Crippen LogP contribution in [0.15, 0.2) is 183 Å². The van der Waals surface area contributed by atoms with Crippen LogP contribution in [0.2, 0.25) is 0 Å². The first-order valence-electron chi connectivity index (χ1n) is 17.1. The highest BCUT2D eigenvalue weighted by atomic mass is 14.8. The van der Waals surface area contributed by atoms with Gasteiger partial charge in [-0.05, 0) is 87.2 Å². The second-order valence-electron chi connectivity index (χ2n) is 12.9. The number of rotatable bonds is 4. The van der Waals surface area contributed by atoms with E-state index in [0.29, 0.717) is 0 Å². The Hall–Kier alpha value is -6.64. The summed E-state index contributed by atoms with van der Waals surface area (Å²) in [6.45, 7) is 0. The lowest BCUT2D eigenvalue weighted by Crippen LogP contribution is -1.94. The fourth-order valence-corrected chi connectivity index (χ4v) is 8.23. The van der Waals surface area contributed by atoms with Crippen LogP contribution in [-0.4, -0.2) is 9.97 Å². The molecule has 1 aromatic heterocycles. The van der Waals surface area contributed by atoms with Gasteiger partial charge < -0.3 is 0 Å². The lowest BCUT2D eigenvalue weighted by Gasteiger charge is -2.21. The van der Waals surface area contributed by atoms with Gasteiger partial charge in [0.2, 0.25) is 0 Å². The normalized spacial score (nSPS) is 11.6. The summed E-state index contributed by atoms with van der Waals surface area (Å²) < 4.78 is 0. The van der Waals surface area contributed by atoms with Gasteiger partial charge in [0.15, 0.2) is 0 Å². The molecule has 10 aromatic rings. The monoisotopic (exact) mass is 634 g/mol. The van der Waals surface area contributed by atoms with Crippen LogP contribution in [-0.2, 0) is 0 Å². The Kier molecular flexibility index (Phi) is 6.53. The van der Waals surface area contributed by atoms with Crippen molar-refractivity contribution in [2.45, 2.75) is 0 Å².